The molecule has 1 N–H and O–H groups in total. The Bertz CT molecular complexity index is 693. The van der Waals surface area contributed by atoms with Crippen LogP contribution in [0.25, 0.3) is 0 Å². The number of morpholine rings is 1. The van der Waals surface area contributed by atoms with E-state index < -0.39 is 0 Å². The molecule has 1 atom stereocenters. The van der Waals surface area contributed by atoms with Crippen LogP contribution in [0.1, 0.15) is 47.4 Å². The van der Waals surface area contributed by atoms with Gasteiger partial charge in [0.1, 0.15) is 0 Å². The molecule has 2 aliphatic heterocycles. The van der Waals surface area contributed by atoms with E-state index in [2.05, 4.69) is 24.1 Å². The van der Waals surface area contributed by atoms with Gasteiger partial charge in [-0.3, -0.25) is 24.2 Å². The number of ether oxygens (including phenoxy) is 1. The summed E-state index contributed by atoms with van der Waals surface area (Å²) in [6.45, 7) is 8.23. The van der Waals surface area contributed by atoms with Gasteiger partial charge in [0.15, 0.2) is 0 Å². The van der Waals surface area contributed by atoms with Gasteiger partial charge in [-0.25, -0.2) is 0 Å². The molecule has 0 bridgehead atoms. The summed E-state index contributed by atoms with van der Waals surface area (Å²) in [5.74, 6) is -0.250. The van der Waals surface area contributed by atoms with E-state index in [4.69, 9.17) is 4.74 Å². The van der Waals surface area contributed by atoms with E-state index in [1.807, 2.05) is 0 Å². The maximum absolute atomic E-state index is 12.4. The fourth-order valence-electron chi connectivity index (χ4n) is 3.82. The molecule has 3 amide bonds. The summed E-state index contributed by atoms with van der Waals surface area (Å²) in [4.78, 5) is 40.6. The molecule has 152 valence electrons. The first-order chi connectivity index (χ1) is 13.5. The van der Waals surface area contributed by atoms with Crippen molar-refractivity contribution in [2.45, 2.75) is 32.7 Å². The molecule has 3 rings (SSSR count). The lowest BCUT2D eigenvalue weighted by molar-refractivity contribution is -0.121. The number of hydrogen-bond acceptors (Lipinski definition) is 5. The van der Waals surface area contributed by atoms with Crippen molar-refractivity contribution in [1.82, 2.24) is 15.1 Å². The Morgan fingerprint density at radius 2 is 1.71 bits per heavy atom. The van der Waals surface area contributed by atoms with Gasteiger partial charge in [-0.2, -0.15) is 0 Å². The van der Waals surface area contributed by atoms with Crippen LogP contribution >= 0.6 is 0 Å². The Labute approximate surface area is 166 Å². The topological polar surface area (TPSA) is 79.0 Å². The molecule has 0 saturated carbocycles. The first-order valence-corrected chi connectivity index (χ1v) is 10.0. The van der Waals surface area contributed by atoms with Gasteiger partial charge in [0, 0.05) is 38.6 Å². The molecule has 7 heteroatoms. The molecule has 2 heterocycles. The fraction of sp³-hybridized carbons (Fsp3) is 0.571. The van der Waals surface area contributed by atoms with Crippen molar-refractivity contribution in [3.8, 4) is 0 Å². The maximum Gasteiger partial charge on any atom is 0.261 e. The molecule has 0 aliphatic carbocycles. The monoisotopic (exact) mass is 387 g/mol. The molecule has 2 aliphatic rings. The highest BCUT2D eigenvalue weighted by atomic mass is 16.5. The Hall–Kier alpha value is -2.25. The largest absolute Gasteiger partial charge is 0.379 e. The van der Waals surface area contributed by atoms with Gasteiger partial charge in [-0.15, -0.1) is 0 Å². The number of fused-ring (bicyclic) bond motifs is 1. The summed E-state index contributed by atoms with van der Waals surface area (Å²) in [5, 5.41) is 2.99. The van der Waals surface area contributed by atoms with Crippen molar-refractivity contribution < 1.29 is 19.1 Å². The van der Waals surface area contributed by atoms with Crippen LogP contribution in [0.4, 0.5) is 0 Å². The van der Waals surface area contributed by atoms with Crippen molar-refractivity contribution in [1.29, 1.82) is 0 Å². The minimum absolute atomic E-state index is 0.102. The minimum Gasteiger partial charge on any atom is -0.379 e. The van der Waals surface area contributed by atoms with E-state index in [1.54, 1.807) is 24.3 Å². The molecule has 1 unspecified atom stereocenters. The van der Waals surface area contributed by atoms with Crippen LogP contribution in [-0.4, -0.2) is 73.0 Å². The highest BCUT2D eigenvalue weighted by Crippen LogP contribution is 2.22. The van der Waals surface area contributed by atoms with Crippen molar-refractivity contribution in [2.24, 2.45) is 5.92 Å². The van der Waals surface area contributed by atoms with Crippen LogP contribution < -0.4 is 5.32 Å². The van der Waals surface area contributed by atoms with Crippen LogP contribution in [0.5, 0.6) is 0 Å². The first-order valence-electron chi connectivity index (χ1n) is 10.0. The SMILES string of the molecule is CC(C)CC(CNC(=O)CCN1C(=O)c2ccccc2C1=O)N1CCOCC1. The molecule has 0 aromatic heterocycles. The molecule has 1 aromatic carbocycles. The fourth-order valence-corrected chi connectivity index (χ4v) is 3.82. The second kappa shape index (κ2) is 9.30. The standard InChI is InChI=1S/C21H29N3O4/c1-15(2)13-16(23-9-11-28-12-10-23)14-22-19(25)7-8-24-20(26)17-5-3-4-6-18(17)21(24)27/h3-6,15-16H,7-14H2,1-2H3,(H,22,25). The number of rotatable bonds is 8. The molecule has 28 heavy (non-hydrogen) atoms. The summed E-state index contributed by atoms with van der Waals surface area (Å²) in [6.07, 6.45) is 1.11. The van der Waals surface area contributed by atoms with Gasteiger partial charge in [0.2, 0.25) is 5.91 Å². The van der Waals surface area contributed by atoms with Gasteiger partial charge in [0.05, 0.1) is 24.3 Å². The molecule has 0 spiro atoms. The zero-order valence-electron chi connectivity index (χ0n) is 16.6. The van der Waals surface area contributed by atoms with E-state index in [1.165, 1.54) is 0 Å². The molecular weight excluding hydrogens is 358 g/mol. The highest BCUT2D eigenvalue weighted by molar-refractivity contribution is 6.21. The van der Waals surface area contributed by atoms with Crippen LogP contribution in [0, 0.1) is 5.92 Å². The van der Waals surface area contributed by atoms with Gasteiger partial charge >= 0.3 is 0 Å². The normalized spacial score (nSPS) is 18.5. The van der Waals surface area contributed by atoms with Crippen molar-refractivity contribution >= 4 is 17.7 Å². The lowest BCUT2D eigenvalue weighted by Gasteiger charge is -2.35. The zero-order valence-corrected chi connectivity index (χ0v) is 16.6. The highest BCUT2D eigenvalue weighted by Gasteiger charge is 2.35. The molecule has 1 fully saturated rings. The third kappa shape index (κ3) is 4.77. The van der Waals surface area contributed by atoms with E-state index in [0.717, 1.165) is 37.6 Å². The number of carbonyl (C=O) groups is 3. The van der Waals surface area contributed by atoms with Crippen molar-refractivity contribution in [2.75, 3.05) is 39.4 Å². The van der Waals surface area contributed by atoms with E-state index in [9.17, 15) is 14.4 Å². The number of imide groups is 1. The second-order valence-electron chi connectivity index (χ2n) is 7.79. The summed E-state index contributed by atoms with van der Waals surface area (Å²) in [7, 11) is 0. The van der Waals surface area contributed by atoms with E-state index in [-0.39, 0.29) is 36.7 Å². The molecule has 0 radical (unpaired) electrons. The quantitative estimate of drug-likeness (QED) is 0.685. The third-order valence-electron chi connectivity index (χ3n) is 5.28. The summed E-state index contributed by atoms with van der Waals surface area (Å²) < 4.78 is 5.42. The lowest BCUT2D eigenvalue weighted by atomic mass is 10.0. The smallest absolute Gasteiger partial charge is 0.261 e. The van der Waals surface area contributed by atoms with E-state index >= 15 is 0 Å². The summed E-state index contributed by atoms with van der Waals surface area (Å²) in [6, 6.07) is 7.04. The average molecular weight is 387 g/mol. The van der Waals surface area contributed by atoms with Crippen LogP contribution in [0.2, 0.25) is 0 Å². The Morgan fingerprint density at radius 3 is 2.29 bits per heavy atom. The maximum atomic E-state index is 12.4. The van der Waals surface area contributed by atoms with Crippen LogP contribution in [0.15, 0.2) is 24.3 Å². The first kappa shape index (κ1) is 20.5. The number of benzene rings is 1. The number of nitrogens with zero attached hydrogens (tertiary/aromatic N) is 2. The molecule has 7 nitrogen and oxygen atoms in total. The van der Waals surface area contributed by atoms with Crippen molar-refractivity contribution in [3.63, 3.8) is 0 Å². The predicted octanol–water partition coefficient (Wildman–Crippen LogP) is 1.54. The lowest BCUT2D eigenvalue weighted by Crippen LogP contribution is -2.49. The molecule has 1 aromatic rings. The summed E-state index contributed by atoms with van der Waals surface area (Å²) in [5.41, 5.74) is 0.828. The van der Waals surface area contributed by atoms with Crippen LogP contribution in [-0.2, 0) is 9.53 Å². The van der Waals surface area contributed by atoms with Gasteiger partial charge in [-0.1, -0.05) is 26.0 Å². The van der Waals surface area contributed by atoms with Crippen molar-refractivity contribution in [3.05, 3.63) is 35.4 Å². The Kier molecular flexibility index (Phi) is 6.80. The zero-order chi connectivity index (χ0) is 20.1. The summed E-state index contributed by atoms with van der Waals surface area (Å²) >= 11 is 0. The van der Waals surface area contributed by atoms with Gasteiger partial charge in [-0.05, 0) is 24.5 Å². The predicted molar refractivity (Wildman–Crippen MR) is 105 cm³/mol. The van der Waals surface area contributed by atoms with Gasteiger partial charge < -0.3 is 10.1 Å². The minimum atomic E-state index is -0.320. The van der Waals surface area contributed by atoms with Crippen LogP contribution in [0.3, 0.4) is 0 Å². The number of amides is 3. The Balaban J connectivity index is 1.49. The molecular formula is C21H29N3O4. The number of hydrogen-bond donors (Lipinski definition) is 1. The number of nitrogens with one attached hydrogen (secondary N) is 1. The Morgan fingerprint density at radius 1 is 1.11 bits per heavy atom. The second-order valence-corrected chi connectivity index (χ2v) is 7.79. The third-order valence-corrected chi connectivity index (χ3v) is 5.28. The van der Waals surface area contributed by atoms with Gasteiger partial charge in [0.25, 0.3) is 11.8 Å². The van der Waals surface area contributed by atoms with E-state index in [0.29, 0.717) is 23.6 Å². The molecule has 1 saturated heterocycles. The number of carbonyl (C=O) groups excluding carboxylic acids is 3. The average Bonchev–Trinajstić information content (AvgIpc) is 2.94.